The molecule has 2 aromatic carbocycles. The molecule has 1 saturated heterocycles. The molecule has 0 aliphatic carbocycles. The summed E-state index contributed by atoms with van der Waals surface area (Å²) in [6.45, 7) is 21.0. The Labute approximate surface area is 287 Å². The van der Waals surface area contributed by atoms with Gasteiger partial charge in [-0.1, -0.05) is 139 Å². The fourth-order valence-electron chi connectivity index (χ4n) is 6.85. The largest absolute Gasteiger partial charge is 0.463 e. The first-order valence-electron chi connectivity index (χ1n) is 17.7. The first kappa shape index (κ1) is 38.9. The Morgan fingerprint density at radius 1 is 0.915 bits per heavy atom. The third-order valence-corrected chi connectivity index (χ3v) is 19.5. The predicted molar refractivity (Wildman–Crippen MR) is 201 cm³/mol. The van der Waals surface area contributed by atoms with Crippen molar-refractivity contribution in [3.8, 4) is 0 Å². The molecule has 0 aromatic heterocycles. The third-order valence-electron chi connectivity index (χ3n) is 9.83. The van der Waals surface area contributed by atoms with Crippen molar-refractivity contribution in [1.82, 2.24) is 0 Å². The van der Waals surface area contributed by atoms with Gasteiger partial charge in [-0.25, -0.2) is 4.79 Å². The van der Waals surface area contributed by atoms with Crippen molar-refractivity contribution in [2.24, 2.45) is 5.92 Å². The highest BCUT2D eigenvalue weighted by atomic mass is 28.4. The fraction of sp³-hybridized carbons (Fsp3) is 0.525. The zero-order chi connectivity index (χ0) is 34.5. The number of allylic oxidation sites excluding steroid dienone is 2. The summed E-state index contributed by atoms with van der Waals surface area (Å²) in [6, 6.07) is 25.0. The summed E-state index contributed by atoms with van der Waals surface area (Å²) in [6.07, 6.45) is 11.2. The smallest absolute Gasteiger partial charge is 0.330 e. The van der Waals surface area contributed by atoms with E-state index in [9.17, 15) is 4.79 Å². The third kappa shape index (κ3) is 10.2. The Balaban J connectivity index is 1.90. The first-order valence-corrected chi connectivity index (χ1v) is 22.1. The fourth-order valence-corrected chi connectivity index (χ4v) is 14.4. The van der Waals surface area contributed by atoms with Crippen LogP contribution in [-0.2, 0) is 23.1 Å². The number of carbonyl (C=O) groups excluding carboxylic acids is 1. The molecule has 0 unspecified atom stereocenters. The normalized spacial score (nSPS) is 21.4. The van der Waals surface area contributed by atoms with Crippen LogP contribution in [-0.4, -0.2) is 54.1 Å². The van der Waals surface area contributed by atoms with E-state index >= 15 is 0 Å². The average molecular weight is 677 g/mol. The molecule has 4 atom stereocenters. The molecule has 0 spiro atoms. The van der Waals surface area contributed by atoms with Gasteiger partial charge in [0.2, 0.25) is 0 Å². The minimum absolute atomic E-state index is 0.0207. The molecular formula is C40H60O5Si2. The molecule has 1 fully saturated rings. The monoisotopic (exact) mass is 676 g/mol. The van der Waals surface area contributed by atoms with Gasteiger partial charge in [-0.05, 0) is 60.2 Å². The highest BCUT2D eigenvalue weighted by Crippen LogP contribution is 2.38. The van der Waals surface area contributed by atoms with Crippen LogP contribution in [0.25, 0.3) is 0 Å². The molecule has 5 nitrogen and oxygen atoms in total. The van der Waals surface area contributed by atoms with Gasteiger partial charge >= 0.3 is 5.97 Å². The maximum absolute atomic E-state index is 11.7. The highest BCUT2D eigenvalue weighted by molar-refractivity contribution is 6.99. The molecule has 1 heterocycles. The summed E-state index contributed by atoms with van der Waals surface area (Å²) in [5, 5.41) is 2.48. The lowest BCUT2D eigenvalue weighted by Gasteiger charge is -2.44. The second-order valence-electron chi connectivity index (χ2n) is 14.0. The molecule has 258 valence electrons. The van der Waals surface area contributed by atoms with Gasteiger partial charge in [0.15, 0.2) is 8.32 Å². The average Bonchev–Trinajstić information content (AvgIpc) is 3.06. The summed E-state index contributed by atoms with van der Waals surface area (Å²) in [4.78, 5) is 11.7. The summed E-state index contributed by atoms with van der Waals surface area (Å²) in [7, 11) is -4.48. The maximum atomic E-state index is 11.7. The Kier molecular flexibility index (Phi) is 15.1. The van der Waals surface area contributed by atoms with Crippen LogP contribution >= 0.6 is 0 Å². The topological polar surface area (TPSA) is 54.0 Å². The Hall–Kier alpha value is -2.56. The molecule has 3 rings (SSSR count). The van der Waals surface area contributed by atoms with Crippen LogP contribution in [0.2, 0.25) is 23.2 Å². The van der Waals surface area contributed by atoms with Crippen molar-refractivity contribution in [2.45, 2.75) is 117 Å². The molecule has 7 heteroatoms. The Bertz CT molecular complexity index is 1260. The number of hydrogen-bond donors (Lipinski definition) is 0. The number of esters is 1. The molecule has 47 heavy (non-hydrogen) atoms. The van der Waals surface area contributed by atoms with Gasteiger partial charge < -0.3 is 18.3 Å². The van der Waals surface area contributed by atoms with E-state index in [-0.39, 0.29) is 35.2 Å². The molecular weight excluding hydrogens is 617 g/mol. The van der Waals surface area contributed by atoms with Gasteiger partial charge in [0.25, 0.3) is 8.32 Å². The minimum Gasteiger partial charge on any atom is -0.463 e. The number of benzene rings is 2. The number of carbonyl (C=O) groups is 1. The van der Waals surface area contributed by atoms with Crippen LogP contribution in [0.5, 0.6) is 0 Å². The molecule has 1 aliphatic rings. The van der Waals surface area contributed by atoms with Gasteiger partial charge in [0, 0.05) is 12.0 Å². The van der Waals surface area contributed by atoms with Crippen LogP contribution in [0.4, 0.5) is 0 Å². The van der Waals surface area contributed by atoms with E-state index in [1.54, 1.807) is 6.08 Å². The molecule has 0 bridgehead atoms. The SMILES string of the molecule is CCOC(=O)/C=C/C=C/C[C@H]1C[C@H](O[Si](CC)(CC)CC)[C@@H](C)[C@@H](/C=C(/C)CO[Si](c2ccccc2)(c2ccccc2)C(C)(C)C)O1. The van der Waals surface area contributed by atoms with E-state index in [0.717, 1.165) is 31.0 Å². The van der Waals surface area contributed by atoms with Crippen LogP contribution < -0.4 is 10.4 Å². The van der Waals surface area contributed by atoms with Crippen LogP contribution in [0.1, 0.15) is 75.2 Å². The van der Waals surface area contributed by atoms with Gasteiger partial charge in [0.1, 0.15) is 0 Å². The van der Waals surface area contributed by atoms with Crippen molar-refractivity contribution in [2.75, 3.05) is 13.2 Å². The number of hydrogen-bond acceptors (Lipinski definition) is 5. The number of ether oxygens (including phenoxy) is 2. The van der Waals surface area contributed by atoms with E-state index in [2.05, 4.69) is 128 Å². The summed E-state index contributed by atoms with van der Waals surface area (Å²) in [5.41, 5.74) is 1.17. The van der Waals surface area contributed by atoms with Gasteiger partial charge in [0.05, 0.1) is 31.5 Å². The quantitative estimate of drug-likeness (QED) is 0.0585. The van der Waals surface area contributed by atoms with Crippen molar-refractivity contribution in [3.63, 3.8) is 0 Å². The summed E-state index contributed by atoms with van der Waals surface area (Å²) >= 11 is 0. The zero-order valence-corrected chi connectivity index (χ0v) is 32.5. The molecule has 2 aromatic rings. The van der Waals surface area contributed by atoms with Gasteiger partial charge in [-0.15, -0.1) is 0 Å². The van der Waals surface area contributed by atoms with Crippen molar-refractivity contribution >= 4 is 33.0 Å². The first-order chi connectivity index (χ1) is 22.4. The molecule has 0 amide bonds. The van der Waals surface area contributed by atoms with Crippen LogP contribution in [0, 0.1) is 5.92 Å². The van der Waals surface area contributed by atoms with Gasteiger partial charge in [-0.3, -0.25) is 0 Å². The van der Waals surface area contributed by atoms with Gasteiger partial charge in [-0.2, -0.15) is 0 Å². The standard InChI is InChI=1S/C40H60O5Si2/c1-10-42-39(41)28-22-14-17-23-34-30-38(45-46(11-2,12-3)13-4)33(6)37(44-34)29-32(5)31-43-47(40(7,8)9,35-24-18-15-19-25-35)36-26-20-16-21-27-36/h14-22,24-29,33-34,37-38H,10-13,23,30-31H2,1-9H3/b17-14+,28-22+,32-29-/t33-,34-,37+,38-/m0/s1. The van der Waals surface area contributed by atoms with Crippen molar-refractivity contribution in [1.29, 1.82) is 0 Å². The van der Waals surface area contributed by atoms with E-state index in [1.807, 2.05) is 13.0 Å². The summed E-state index contributed by atoms with van der Waals surface area (Å²) in [5.74, 6) is -0.104. The molecule has 0 radical (unpaired) electrons. The second kappa shape index (κ2) is 18.3. The Morgan fingerprint density at radius 2 is 1.49 bits per heavy atom. The van der Waals surface area contributed by atoms with E-state index in [0.29, 0.717) is 13.2 Å². The molecule has 1 aliphatic heterocycles. The second-order valence-corrected chi connectivity index (χ2v) is 23.0. The molecule has 0 N–H and O–H groups in total. The highest BCUT2D eigenvalue weighted by Gasteiger charge is 2.50. The van der Waals surface area contributed by atoms with Crippen LogP contribution in [0.15, 0.2) is 96.6 Å². The van der Waals surface area contributed by atoms with Crippen molar-refractivity contribution < 1.29 is 23.1 Å². The summed E-state index contributed by atoms with van der Waals surface area (Å²) < 4.78 is 26.2. The minimum atomic E-state index is -2.66. The van der Waals surface area contributed by atoms with E-state index in [1.165, 1.54) is 22.0 Å². The lowest BCUT2D eigenvalue weighted by atomic mass is 9.88. The maximum Gasteiger partial charge on any atom is 0.330 e. The Morgan fingerprint density at radius 3 is 2.00 bits per heavy atom. The zero-order valence-electron chi connectivity index (χ0n) is 30.5. The number of rotatable bonds is 16. The van der Waals surface area contributed by atoms with Crippen molar-refractivity contribution in [3.05, 3.63) is 96.6 Å². The van der Waals surface area contributed by atoms with E-state index in [4.69, 9.17) is 18.3 Å². The van der Waals surface area contributed by atoms with E-state index < -0.39 is 16.6 Å². The molecule has 0 saturated carbocycles. The predicted octanol–water partition coefficient (Wildman–Crippen LogP) is 8.76. The lowest BCUT2D eigenvalue weighted by molar-refractivity contribution is -0.137. The lowest BCUT2D eigenvalue weighted by Crippen LogP contribution is -2.66. The van der Waals surface area contributed by atoms with Crippen LogP contribution in [0.3, 0.4) is 0 Å².